The van der Waals surface area contributed by atoms with Crippen molar-refractivity contribution in [1.82, 2.24) is 19.8 Å². The first-order valence-electron chi connectivity index (χ1n) is 6.06. The number of hydrogen-bond acceptors (Lipinski definition) is 6. The summed E-state index contributed by atoms with van der Waals surface area (Å²) in [4.78, 5) is 12.0. The molecule has 3 rings (SSSR count). The summed E-state index contributed by atoms with van der Waals surface area (Å²) >= 11 is 1.40. The second-order valence-electron chi connectivity index (χ2n) is 4.48. The van der Waals surface area contributed by atoms with Gasteiger partial charge in [0, 0.05) is 5.92 Å². The standard InChI is InChI=1S/C11H14N4O2S/c1-17-9(16)6-8-14-15-10(7-4-2-3-5-7)12-13-11(15)18-8/h7H,2-6H2,1H3. The van der Waals surface area contributed by atoms with Crippen molar-refractivity contribution in [2.24, 2.45) is 0 Å². The lowest BCUT2D eigenvalue weighted by molar-refractivity contribution is -0.139. The van der Waals surface area contributed by atoms with Crippen LogP contribution in [0.2, 0.25) is 0 Å². The van der Waals surface area contributed by atoms with Gasteiger partial charge in [0.15, 0.2) is 5.82 Å². The molecule has 0 aromatic carbocycles. The number of carbonyl (C=O) groups excluding carboxylic acids is 1. The zero-order chi connectivity index (χ0) is 12.5. The van der Waals surface area contributed by atoms with Crippen LogP contribution in [-0.4, -0.2) is 32.9 Å². The maximum atomic E-state index is 11.2. The van der Waals surface area contributed by atoms with Crippen LogP contribution < -0.4 is 0 Å². The Morgan fingerprint density at radius 3 is 2.94 bits per heavy atom. The fourth-order valence-electron chi connectivity index (χ4n) is 2.38. The summed E-state index contributed by atoms with van der Waals surface area (Å²) in [6.07, 6.45) is 5.02. The molecule has 0 bridgehead atoms. The zero-order valence-corrected chi connectivity index (χ0v) is 10.9. The smallest absolute Gasteiger partial charge is 0.312 e. The summed E-state index contributed by atoms with van der Waals surface area (Å²) in [5.41, 5.74) is 0. The third-order valence-corrected chi connectivity index (χ3v) is 4.20. The van der Waals surface area contributed by atoms with E-state index >= 15 is 0 Å². The average Bonchev–Trinajstić information content (AvgIpc) is 3.03. The largest absolute Gasteiger partial charge is 0.469 e. The molecule has 0 saturated heterocycles. The van der Waals surface area contributed by atoms with E-state index in [1.165, 1.54) is 31.3 Å². The Hall–Kier alpha value is -1.50. The van der Waals surface area contributed by atoms with Gasteiger partial charge in [-0.1, -0.05) is 24.2 Å². The van der Waals surface area contributed by atoms with E-state index in [1.807, 2.05) is 0 Å². The Bertz CT molecular complexity index is 571. The number of rotatable bonds is 3. The first kappa shape index (κ1) is 11.6. The Morgan fingerprint density at radius 2 is 2.22 bits per heavy atom. The second-order valence-corrected chi connectivity index (χ2v) is 5.52. The highest BCUT2D eigenvalue weighted by Gasteiger charge is 2.24. The number of hydrogen-bond donors (Lipinski definition) is 0. The van der Waals surface area contributed by atoms with Gasteiger partial charge in [-0.2, -0.15) is 9.61 Å². The SMILES string of the molecule is COC(=O)Cc1nn2c(C3CCCC3)nnc2s1. The predicted molar refractivity (Wildman–Crippen MR) is 65.6 cm³/mol. The van der Waals surface area contributed by atoms with E-state index < -0.39 is 0 Å². The normalized spacial score (nSPS) is 16.5. The number of nitrogens with zero attached hydrogens (tertiary/aromatic N) is 4. The highest BCUT2D eigenvalue weighted by atomic mass is 32.1. The summed E-state index contributed by atoms with van der Waals surface area (Å²) < 4.78 is 6.43. The van der Waals surface area contributed by atoms with Crippen LogP contribution in [-0.2, 0) is 16.0 Å². The molecule has 2 heterocycles. The van der Waals surface area contributed by atoms with Gasteiger partial charge < -0.3 is 4.74 Å². The van der Waals surface area contributed by atoms with E-state index in [2.05, 4.69) is 20.0 Å². The minimum Gasteiger partial charge on any atom is -0.469 e. The van der Waals surface area contributed by atoms with Crippen molar-refractivity contribution < 1.29 is 9.53 Å². The Morgan fingerprint density at radius 1 is 1.44 bits per heavy atom. The molecule has 0 aliphatic heterocycles. The highest BCUT2D eigenvalue weighted by molar-refractivity contribution is 7.16. The molecule has 0 atom stereocenters. The molecule has 0 spiro atoms. The molecule has 2 aromatic heterocycles. The molecule has 0 radical (unpaired) electrons. The van der Waals surface area contributed by atoms with Crippen LogP contribution in [0.1, 0.15) is 42.4 Å². The number of methoxy groups -OCH3 is 1. The van der Waals surface area contributed by atoms with Crippen LogP contribution in [0.5, 0.6) is 0 Å². The van der Waals surface area contributed by atoms with Crippen molar-refractivity contribution in [2.75, 3.05) is 7.11 Å². The topological polar surface area (TPSA) is 69.4 Å². The molecule has 96 valence electrons. The van der Waals surface area contributed by atoms with Gasteiger partial charge in [-0.3, -0.25) is 4.79 Å². The van der Waals surface area contributed by atoms with Gasteiger partial charge in [0.25, 0.3) is 0 Å². The van der Waals surface area contributed by atoms with E-state index in [4.69, 9.17) is 0 Å². The van der Waals surface area contributed by atoms with E-state index in [9.17, 15) is 4.79 Å². The third-order valence-electron chi connectivity index (χ3n) is 3.30. The van der Waals surface area contributed by atoms with Gasteiger partial charge in [0.1, 0.15) is 5.01 Å². The maximum absolute atomic E-state index is 11.2. The molecule has 0 N–H and O–H groups in total. The fraction of sp³-hybridized carbons (Fsp3) is 0.636. The number of carbonyl (C=O) groups is 1. The molecule has 7 heteroatoms. The summed E-state index contributed by atoms with van der Waals surface area (Å²) in [6.45, 7) is 0. The molecule has 1 saturated carbocycles. The van der Waals surface area contributed by atoms with E-state index in [-0.39, 0.29) is 12.4 Å². The van der Waals surface area contributed by atoms with Crippen molar-refractivity contribution in [3.63, 3.8) is 0 Å². The average molecular weight is 266 g/mol. The van der Waals surface area contributed by atoms with Crippen LogP contribution >= 0.6 is 11.3 Å². The van der Waals surface area contributed by atoms with Crippen LogP contribution in [0.4, 0.5) is 0 Å². The van der Waals surface area contributed by atoms with Gasteiger partial charge in [-0.15, -0.1) is 10.2 Å². The fourth-order valence-corrected chi connectivity index (χ4v) is 3.20. The van der Waals surface area contributed by atoms with Crippen molar-refractivity contribution in [1.29, 1.82) is 0 Å². The molecule has 18 heavy (non-hydrogen) atoms. The van der Waals surface area contributed by atoms with Gasteiger partial charge in [0.05, 0.1) is 13.5 Å². The van der Waals surface area contributed by atoms with Crippen LogP contribution in [0.25, 0.3) is 4.96 Å². The monoisotopic (exact) mass is 266 g/mol. The van der Waals surface area contributed by atoms with Crippen molar-refractivity contribution in [3.05, 3.63) is 10.8 Å². The van der Waals surface area contributed by atoms with Gasteiger partial charge in [0.2, 0.25) is 4.96 Å². The summed E-state index contributed by atoms with van der Waals surface area (Å²) in [7, 11) is 1.38. The molecule has 1 aliphatic carbocycles. The third kappa shape index (κ3) is 1.98. The van der Waals surface area contributed by atoms with E-state index in [0.29, 0.717) is 5.92 Å². The Kier molecular flexibility index (Phi) is 2.99. The molecule has 1 fully saturated rings. The van der Waals surface area contributed by atoms with Crippen molar-refractivity contribution >= 4 is 22.3 Å². The van der Waals surface area contributed by atoms with Gasteiger partial charge in [-0.05, 0) is 12.8 Å². The first-order chi connectivity index (χ1) is 8.78. The van der Waals surface area contributed by atoms with E-state index in [0.717, 1.165) is 28.6 Å². The first-order valence-corrected chi connectivity index (χ1v) is 6.87. The highest BCUT2D eigenvalue weighted by Crippen LogP contribution is 2.33. The number of ether oxygens (including phenoxy) is 1. The molecule has 2 aromatic rings. The quantitative estimate of drug-likeness (QED) is 0.788. The van der Waals surface area contributed by atoms with Crippen LogP contribution in [0, 0.1) is 0 Å². The predicted octanol–water partition coefficient (Wildman–Crippen LogP) is 1.56. The second kappa shape index (κ2) is 4.64. The number of aromatic nitrogens is 4. The van der Waals surface area contributed by atoms with E-state index in [1.54, 1.807) is 4.52 Å². The summed E-state index contributed by atoms with van der Waals surface area (Å²) in [5, 5.41) is 13.5. The summed E-state index contributed by atoms with van der Waals surface area (Å²) in [6, 6.07) is 0. The molecule has 6 nitrogen and oxygen atoms in total. The van der Waals surface area contributed by atoms with Crippen LogP contribution in [0.3, 0.4) is 0 Å². The molecule has 0 amide bonds. The minimum absolute atomic E-state index is 0.203. The molecular weight excluding hydrogens is 252 g/mol. The molecular formula is C11H14N4O2S. The van der Waals surface area contributed by atoms with Gasteiger partial charge in [-0.25, -0.2) is 0 Å². The number of esters is 1. The lowest BCUT2D eigenvalue weighted by Gasteiger charge is -2.03. The van der Waals surface area contributed by atoms with Gasteiger partial charge >= 0.3 is 5.97 Å². The maximum Gasteiger partial charge on any atom is 0.312 e. The lowest BCUT2D eigenvalue weighted by Crippen LogP contribution is -2.06. The Labute approximate surface area is 108 Å². The van der Waals surface area contributed by atoms with Crippen molar-refractivity contribution in [3.8, 4) is 0 Å². The van der Waals surface area contributed by atoms with Crippen molar-refractivity contribution in [2.45, 2.75) is 38.0 Å². The van der Waals surface area contributed by atoms with Crippen LogP contribution in [0.15, 0.2) is 0 Å². The zero-order valence-electron chi connectivity index (χ0n) is 10.1. The molecule has 1 aliphatic rings. The minimum atomic E-state index is -0.276. The lowest BCUT2D eigenvalue weighted by atomic mass is 10.1. The summed E-state index contributed by atoms with van der Waals surface area (Å²) in [5.74, 6) is 1.13. The molecule has 0 unspecified atom stereocenters. The number of fused-ring (bicyclic) bond motifs is 1. The Balaban J connectivity index is 1.90.